The number of hydrogen-bond donors (Lipinski definition) is 0. The van der Waals surface area contributed by atoms with Gasteiger partial charge < -0.3 is 9.47 Å². The summed E-state index contributed by atoms with van der Waals surface area (Å²) in [6.45, 7) is 8.91. The number of carbonyl (C=O) groups is 1. The Balaban J connectivity index is 1.62. The Kier molecular flexibility index (Phi) is 5.74. The summed E-state index contributed by atoms with van der Waals surface area (Å²) in [5.74, 6) is 1.65. The molecule has 2 aromatic rings. The smallest absolute Gasteiger partial charge is 0.225 e. The van der Waals surface area contributed by atoms with Gasteiger partial charge in [-0.1, -0.05) is 19.1 Å². The van der Waals surface area contributed by atoms with Gasteiger partial charge in [0.1, 0.15) is 5.82 Å². The maximum Gasteiger partial charge on any atom is 0.225 e. The summed E-state index contributed by atoms with van der Waals surface area (Å²) in [6.07, 6.45) is 2.94. The first-order valence-corrected chi connectivity index (χ1v) is 9.55. The van der Waals surface area contributed by atoms with Crippen molar-refractivity contribution in [2.45, 2.75) is 46.2 Å². The first-order valence-electron chi connectivity index (χ1n) is 9.55. The third-order valence-electron chi connectivity index (χ3n) is 5.29. The predicted molar refractivity (Wildman–Crippen MR) is 101 cm³/mol. The summed E-state index contributed by atoms with van der Waals surface area (Å²) >= 11 is 0. The fourth-order valence-electron chi connectivity index (χ4n) is 3.89. The van der Waals surface area contributed by atoms with Gasteiger partial charge in [0.25, 0.3) is 0 Å². The molecule has 5 heteroatoms. The lowest BCUT2D eigenvalue weighted by Gasteiger charge is -2.33. The Bertz CT molecular complexity index is 716. The average molecular weight is 342 g/mol. The van der Waals surface area contributed by atoms with Crippen LogP contribution >= 0.6 is 0 Å². The van der Waals surface area contributed by atoms with Gasteiger partial charge in [-0.2, -0.15) is 0 Å². The Hall–Kier alpha value is -1.88. The van der Waals surface area contributed by atoms with Crippen molar-refractivity contribution in [3.63, 3.8) is 0 Å². The second kappa shape index (κ2) is 8.00. The lowest BCUT2D eigenvalue weighted by Crippen LogP contribution is -2.41. The molecule has 0 saturated carbocycles. The van der Waals surface area contributed by atoms with E-state index in [9.17, 15) is 4.79 Å². The monoisotopic (exact) mass is 342 g/mol. The summed E-state index contributed by atoms with van der Waals surface area (Å²) < 4.78 is 2.31. The van der Waals surface area contributed by atoms with E-state index in [4.69, 9.17) is 4.98 Å². The van der Waals surface area contributed by atoms with Crippen LogP contribution in [-0.4, -0.2) is 51.9 Å². The number of hydrogen-bond acceptors (Lipinski definition) is 3. The van der Waals surface area contributed by atoms with Crippen molar-refractivity contribution >= 4 is 16.9 Å². The molecule has 0 aliphatic carbocycles. The normalized spacial score (nSPS) is 16.4. The van der Waals surface area contributed by atoms with Gasteiger partial charge in [-0.25, -0.2) is 4.98 Å². The molecule has 3 rings (SSSR count). The van der Waals surface area contributed by atoms with E-state index in [0.717, 1.165) is 63.3 Å². The van der Waals surface area contributed by atoms with Gasteiger partial charge >= 0.3 is 0 Å². The zero-order valence-corrected chi connectivity index (χ0v) is 15.7. The van der Waals surface area contributed by atoms with Gasteiger partial charge in [-0.3, -0.25) is 9.69 Å². The van der Waals surface area contributed by atoms with Crippen LogP contribution in [0.15, 0.2) is 24.3 Å². The van der Waals surface area contributed by atoms with Crippen molar-refractivity contribution in [2.24, 2.45) is 5.92 Å². The highest BCUT2D eigenvalue weighted by Crippen LogP contribution is 2.22. The van der Waals surface area contributed by atoms with Gasteiger partial charge in [0.15, 0.2) is 0 Å². The number of benzene rings is 1. The van der Waals surface area contributed by atoms with E-state index in [2.05, 4.69) is 41.5 Å². The van der Waals surface area contributed by atoms with Crippen LogP contribution in [0.1, 0.15) is 38.9 Å². The van der Waals surface area contributed by atoms with Crippen LogP contribution in [0, 0.1) is 5.92 Å². The standard InChI is InChI=1S/C20H30N4O/c1-4-12-22(3)20(25)16-10-13-23(14-11-16)15-19-21-17-8-6-7-9-18(17)24(19)5-2/h6-9,16H,4-5,10-15H2,1-3H3. The molecule has 5 nitrogen and oxygen atoms in total. The minimum Gasteiger partial charge on any atom is -0.346 e. The minimum atomic E-state index is 0.192. The largest absolute Gasteiger partial charge is 0.346 e. The van der Waals surface area contributed by atoms with Crippen LogP contribution in [-0.2, 0) is 17.9 Å². The molecule has 136 valence electrons. The molecular formula is C20H30N4O. The van der Waals surface area contributed by atoms with Gasteiger partial charge in [0.2, 0.25) is 5.91 Å². The predicted octanol–water partition coefficient (Wildman–Crippen LogP) is 3.14. The highest BCUT2D eigenvalue weighted by Gasteiger charge is 2.27. The minimum absolute atomic E-state index is 0.192. The van der Waals surface area contributed by atoms with E-state index in [1.165, 1.54) is 5.52 Å². The highest BCUT2D eigenvalue weighted by molar-refractivity contribution is 5.78. The first kappa shape index (κ1) is 17.9. The van der Waals surface area contributed by atoms with Crippen molar-refractivity contribution in [3.05, 3.63) is 30.1 Å². The molecule has 1 aliphatic heterocycles. The topological polar surface area (TPSA) is 41.4 Å². The number of aryl methyl sites for hydroxylation is 1. The van der Waals surface area contributed by atoms with Crippen LogP contribution in [0.5, 0.6) is 0 Å². The molecule has 0 unspecified atom stereocenters. The van der Waals surface area contributed by atoms with Crippen LogP contribution in [0.4, 0.5) is 0 Å². The molecule has 1 amide bonds. The number of piperidine rings is 1. The summed E-state index contributed by atoms with van der Waals surface area (Å²) in [5, 5.41) is 0. The summed E-state index contributed by atoms with van der Waals surface area (Å²) in [7, 11) is 1.93. The van der Waals surface area contributed by atoms with Crippen LogP contribution < -0.4 is 0 Å². The summed E-state index contributed by atoms with van der Waals surface area (Å²) in [6, 6.07) is 8.34. The molecule has 0 N–H and O–H groups in total. The molecule has 1 fully saturated rings. The Morgan fingerprint density at radius 3 is 2.64 bits per heavy atom. The maximum absolute atomic E-state index is 12.5. The number of para-hydroxylation sites is 2. The van der Waals surface area contributed by atoms with Crippen molar-refractivity contribution in [1.29, 1.82) is 0 Å². The van der Waals surface area contributed by atoms with Gasteiger partial charge in [-0.15, -0.1) is 0 Å². The summed E-state index contributed by atoms with van der Waals surface area (Å²) in [5.41, 5.74) is 2.29. The molecule has 1 aliphatic rings. The molecule has 1 saturated heterocycles. The Labute approximate surface area is 150 Å². The third kappa shape index (κ3) is 3.87. The molecule has 1 aromatic carbocycles. The number of fused-ring (bicyclic) bond motifs is 1. The van der Waals surface area contributed by atoms with E-state index in [0.29, 0.717) is 5.91 Å². The zero-order valence-electron chi connectivity index (χ0n) is 15.7. The molecule has 0 bridgehead atoms. The zero-order chi connectivity index (χ0) is 17.8. The fraction of sp³-hybridized carbons (Fsp3) is 0.600. The Morgan fingerprint density at radius 2 is 1.96 bits per heavy atom. The molecule has 0 atom stereocenters. The second-order valence-corrected chi connectivity index (χ2v) is 7.07. The number of carbonyl (C=O) groups excluding carboxylic acids is 1. The Morgan fingerprint density at radius 1 is 1.24 bits per heavy atom. The SMILES string of the molecule is CCCN(C)C(=O)C1CCN(Cc2nc3ccccc3n2CC)CC1. The molecule has 25 heavy (non-hydrogen) atoms. The number of amides is 1. The van der Waals surface area contributed by atoms with Gasteiger partial charge in [-0.05, 0) is 51.4 Å². The second-order valence-electron chi connectivity index (χ2n) is 7.07. The lowest BCUT2D eigenvalue weighted by molar-refractivity contribution is -0.135. The highest BCUT2D eigenvalue weighted by atomic mass is 16.2. The number of nitrogens with zero attached hydrogens (tertiary/aromatic N) is 4. The first-order chi connectivity index (χ1) is 12.1. The fourth-order valence-corrected chi connectivity index (χ4v) is 3.89. The van der Waals surface area contributed by atoms with Crippen LogP contribution in [0.25, 0.3) is 11.0 Å². The van der Waals surface area contributed by atoms with E-state index in [1.54, 1.807) is 0 Å². The van der Waals surface area contributed by atoms with Gasteiger partial charge in [0, 0.05) is 26.1 Å². The van der Waals surface area contributed by atoms with E-state index < -0.39 is 0 Å². The molecule has 0 radical (unpaired) electrons. The van der Waals surface area contributed by atoms with E-state index in [-0.39, 0.29) is 5.92 Å². The summed E-state index contributed by atoms with van der Waals surface area (Å²) in [4.78, 5) is 21.6. The number of rotatable bonds is 6. The van der Waals surface area contributed by atoms with Gasteiger partial charge in [0.05, 0.1) is 17.6 Å². The van der Waals surface area contributed by atoms with Crippen LogP contribution in [0.2, 0.25) is 0 Å². The van der Waals surface area contributed by atoms with E-state index >= 15 is 0 Å². The molecule has 2 heterocycles. The number of imidazole rings is 1. The van der Waals surface area contributed by atoms with Crippen molar-refractivity contribution < 1.29 is 4.79 Å². The average Bonchev–Trinajstić information content (AvgIpc) is 2.99. The van der Waals surface area contributed by atoms with Crippen LogP contribution in [0.3, 0.4) is 0 Å². The van der Waals surface area contributed by atoms with E-state index in [1.807, 2.05) is 18.0 Å². The van der Waals surface area contributed by atoms with Crippen molar-refractivity contribution in [1.82, 2.24) is 19.4 Å². The quantitative estimate of drug-likeness (QED) is 0.810. The third-order valence-corrected chi connectivity index (χ3v) is 5.29. The van der Waals surface area contributed by atoms with Crippen molar-refractivity contribution in [2.75, 3.05) is 26.7 Å². The number of likely N-dealkylation sites (tertiary alicyclic amines) is 1. The number of aromatic nitrogens is 2. The van der Waals surface area contributed by atoms with Crippen molar-refractivity contribution in [3.8, 4) is 0 Å². The molecule has 0 spiro atoms. The molecular weight excluding hydrogens is 312 g/mol. The maximum atomic E-state index is 12.5. The lowest BCUT2D eigenvalue weighted by atomic mass is 9.95. The molecule has 1 aromatic heterocycles.